The van der Waals surface area contributed by atoms with Gasteiger partial charge in [-0.3, -0.25) is 9.36 Å². The summed E-state index contributed by atoms with van der Waals surface area (Å²) < 4.78 is 14.8. The molecule has 0 amide bonds. The number of aryl methyl sites for hydroxylation is 1. The van der Waals surface area contributed by atoms with Crippen molar-refractivity contribution in [3.8, 4) is 22.8 Å². The SMILES string of the molecule is COc1cc2c(c(OC)c1[C@@H]1CCc3cc(Cl)c(Cl)n31)C(=O)n1c-2cc(Cl)c1Cl. The first-order valence-corrected chi connectivity index (χ1v) is 10.4. The van der Waals surface area contributed by atoms with Crippen molar-refractivity contribution in [2.24, 2.45) is 0 Å². The van der Waals surface area contributed by atoms with Gasteiger partial charge in [0.05, 0.1) is 47.1 Å². The van der Waals surface area contributed by atoms with Gasteiger partial charge in [-0.1, -0.05) is 46.4 Å². The van der Waals surface area contributed by atoms with Crippen LogP contribution in [0.2, 0.25) is 20.4 Å². The van der Waals surface area contributed by atoms with Gasteiger partial charge < -0.3 is 14.0 Å². The first-order valence-electron chi connectivity index (χ1n) is 8.84. The molecule has 2 aromatic heterocycles. The van der Waals surface area contributed by atoms with Gasteiger partial charge in [0.25, 0.3) is 5.91 Å². The van der Waals surface area contributed by atoms with Crippen LogP contribution in [0, 0.1) is 0 Å². The van der Waals surface area contributed by atoms with Crippen LogP contribution in [0.1, 0.15) is 34.1 Å². The molecule has 2 aliphatic heterocycles. The lowest BCUT2D eigenvalue weighted by Crippen LogP contribution is -2.13. The van der Waals surface area contributed by atoms with Crippen LogP contribution < -0.4 is 9.47 Å². The van der Waals surface area contributed by atoms with E-state index in [1.165, 1.54) is 11.7 Å². The maximum Gasteiger partial charge on any atom is 0.268 e. The third-order valence-corrected chi connectivity index (χ3v) is 7.15. The smallest absolute Gasteiger partial charge is 0.268 e. The molecule has 1 aromatic carbocycles. The van der Waals surface area contributed by atoms with E-state index < -0.39 is 0 Å². The number of carbonyl (C=O) groups excluding carboxylic acids is 1. The minimum atomic E-state index is -0.289. The van der Waals surface area contributed by atoms with Crippen LogP contribution in [-0.2, 0) is 6.42 Å². The molecule has 2 aliphatic rings. The molecule has 9 heteroatoms. The normalized spacial score (nSPS) is 16.8. The fourth-order valence-electron chi connectivity index (χ4n) is 4.46. The van der Waals surface area contributed by atoms with Gasteiger partial charge in [0.2, 0.25) is 0 Å². The predicted octanol–water partition coefficient (Wildman–Crippen LogP) is 6.12. The molecular weight excluding hydrogens is 458 g/mol. The molecule has 3 aromatic rings. The minimum Gasteiger partial charge on any atom is -0.496 e. The Morgan fingerprint density at radius 3 is 2.41 bits per heavy atom. The highest BCUT2D eigenvalue weighted by atomic mass is 35.5. The lowest BCUT2D eigenvalue weighted by atomic mass is 9.95. The Balaban J connectivity index is 1.79. The van der Waals surface area contributed by atoms with Crippen LogP contribution in [0.5, 0.6) is 11.5 Å². The van der Waals surface area contributed by atoms with Crippen molar-refractivity contribution >= 4 is 52.3 Å². The van der Waals surface area contributed by atoms with Crippen molar-refractivity contribution in [1.82, 2.24) is 9.13 Å². The molecule has 29 heavy (non-hydrogen) atoms. The largest absolute Gasteiger partial charge is 0.496 e. The summed E-state index contributed by atoms with van der Waals surface area (Å²) in [7, 11) is 3.12. The molecule has 0 N–H and O–H groups in total. The predicted molar refractivity (Wildman–Crippen MR) is 114 cm³/mol. The molecule has 5 nitrogen and oxygen atoms in total. The Hall–Kier alpha value is -1.79. The van der Waals surface area contributed by atoms with Crippen LogP contribution in [0.25, 0.3) is 11.3 Å². The van der Waals surface area contributed by atoms with Crippen molar-refractivity contribution in [1.29, 1.82) is 0 Å². The summed E-state index contributed by atoms with van der Waals surface area (Å²) >= 11 is 25.1. The Kier molecular flexibility index (Phi) is 4.37. The molecule has 5 rings (SSSR count). The van der Waals surface area contributed by atoms with Crippen LogP contribution in [0.4, 0.5) is 0 Å². The van der Waals surface area contributed by atoms with Crippen LogP contribution >= 0.6 is 46.4 Å². The molecule has 1 atom stereocenters. The zero-order valence-electron chi connectivity index (χ0n) is 15.4. The van der Waals surface area contributed by atoms with Crippen molar-refractivity contribution in [2.75, 3.05) is 14.2 Å². The number of ether oxygens (including phenoxy) is 2. The summed E-state index contributed by atoms with van der Waals surface area (Å²) in [5, 5.41) is 1.45. The number of nitrogens with zero attached hydrogens (tertiary/aromatic N) is 2. The molecule has 4 heterocycles. The Bertz CT molecular complexity index is 1210. The molecule has 0 aliphatic carbocycles. The van der Waals surface area contributed by atoms with Crippen molar-refractivity contribution in [3.05, 3.63) is 55.4 Å². The number of methoxy groups -OCH3 is 2. The third kappa shape index (κ3) is 2.45. The molecule has 0 saturated heterocycles. The Labute approximate surface area is 186 Å². The maximum atomic E-state index is 13.2. The van der Waals surface area contributed by atoms with E-state index in [9.17, 15) is 4.79 Å². The van der Waals surface area contributed by atoms with Gasteiger partial charge in [0.15, 0.2) is 0 Å². The van der Waals surface area contributed by atoms with Gasteiger partial charge in [-0.25, -0.2) is 0 Å². The Morgan fingerprint density at radius 2 is 1.72 bits per heavy atom. The molecule has 150 valence electrons. The molecule has 0 fully saturated rings. The van der Waals surface area contributed by atoms with Crippen LogP contribution in [0.3, 0.4) is 0 Å². The number of halogens is 4. The van der Waals surface area contributed by atoms with E-state index in [1.54, 1.807) is 13.2 Å². The summed E-state index contributed by atoms with van der Waals surface area (Å²) in [6.07, 6.45) is 1.58. The fraction of sp³-hybridized carbons (Fsp3) is 0.250. The van der Waals surface area contributed by atoms with Gasteiger partial charge in [-0.15, -0.1) is 0 Å². The highest BCUT2D eigenvalue weighted by Crippen LogP contribution is 2.52. The number of hydrogen-bond acceptors (Lipinski definition) is 3. The second-order valence-corrected chi connectivity index (χ2v) is 8.49. The van der Waals surface area contributed by atoms with Crippen LogP contribution in [-0.4, -0.2) is 29.3 Å². The number of carbonyl (C=O) groups is 1. The molecular formula is C20H14Cl4N2O3. The number of rotatable bonds is 3. The summed E-state index contributed by atoms with van der Waals surface area (Å²) in [6.45, 7) is 0. The van der Waals surface area contributed by atoms with E-state index in [2.05, 4.69) is 0 Å². The summed E-state index contributed by atoms with van der Waals surface area (Å²) in [5.41, 5.74) is 3.48. The van der Waals surface area contributed by atoms with E-state index >= 15 is 0 Å². The maximum absolute atomic E-state index is 13.2. The van der Waals surface area contributed by atoms with E-state index in [1.807, 2.05) is 16.7 Å². The van der Waals surface area contributed by atoms with Crippen molar-refractivity contribution in [2.45, 2.75) is 18.9 Å². The zero-order chi connectivity index (χ0) is 20.6. The zero-order valence-corrected chi connectivity index (χ0v) is 18.4. The molecule has 0 spiro atoms. The third-order valence-electron chi connectivity index (χ3n) is 5.63. The van der Waals surface area contributed by atoms with Gasteiger partial charge in [-0.05, 0) is 31.0 Å². The first-order chi connectivity index (χ1) is 13.9. The van der Waals surface area contributed by atoms with Crippen LogP contribution in [0.15, 0.2) is 18.2 Å². The molecule has 0 saturated carbocycles. The van der Waals surface area contributed by atoms with Gasteiger partial charge in [-0.2, -0.15) is 0 Å². The second-order valence-electron chi connectivity index (χ2n) is 6.96. The quantitative estimate of drug-likeness (QED) is 0.361. The highest BCUT2D eigenvalue weighted by molar-refractivity contribution is 6.43. The van der Waals surface area contributed by atoms with Crippen molar-refractivity contribution in [3.63, 3.8) is 0 Å². The van der Waals surface area contributed by atoms with Gasteiger partial charge in [0.1, 0.15) is 21.8 Å². The summed E-state index contributed by atoms with van der Waals surface area (Å²) in [5.74, 6) is 0.746. The van der Waals surface area contributed by atoms with E-state index in [-0.39, 0.29) is 17.1 Å². The number of fused-ring (bicyclic) bond motifs is 4. The van der Waals surface area contributed by atoms with E-state index in [0.29, 0.717) is 43.5 Å². The highest BCUT2D eigenvalue weighted by Gasteiger charge is 2.39. The van der Waals surface area contributed by atoms with E-state index in [4.69, 9.17) is 55.9 Å². The monoisotopic (exact) mass is 470 g/mol. The molecule has 0 unspecified atom stereocenters. The second kappa shape index (κ2) is 6.61. The number of aromatic nitrogens is 2. The molecule has 0 radical (unpaired) electrons. The minimum absolute atomic E-state index is 0.174. The van der Waals surface area contributed by atoms with Gasteiger partial charge in [0, 0.05) is 11.3 Å². The van der Waals surface area contributed by atoms with E-state index in [0.717, 1.165) is 24.1 Å². The fourth-order valence-corrected chi connectivity index (χ4v) is 5.37. The average molecular weight is 472 g/mol. The van der Waals surface area contributed by atoms with Gasteiger partial charge >= 0.3 is 0 Å². The average Bonchev–Trinajstić information content (AvgIpc) is 3.39. The number of hydrogen-bond donors (Lipinski definition) is 0. The summed E-state index contributed by atoms with van der Waals surface area (Å²) in [4.78, 5) is 13.2. The lowest BCUT2D eigenvalue weighted by Gasteiger charge is -2.23. The topological polar surface area (TPSA) is 45.4 Å². The Morgan fingerprint density at radius 1 is 1.00 bits per heavy atom. The molecule has 0 bridgehead atoms. The standard InChI is InChI=1S/C20H14Cl4N2O3/c1-28-14-6-9-13-7-11(22)19(24)26(13)20(27)15(9)17(29-2)16(14)12-4-3-8-5-10(21)18(23)25(8)12/h5-7,12H,3-4H2,1-2H3/t12-/m0/s1. The van der Waals surface area contributed by atoms with Crippen molar-refractivity contribution < 1.29 is 14.3 Å². The summed E-state index contributed by atoms with van der Waals surface area (Å²) in [6, 6.07) is 5.19. The first kappa shape index (κ1) is 19.2. The number of benzene rings is 1. The lowest BCUT2D eigenvalue weighted by molar-refractivity contribution is 0.0966.